The van der Waals surface area contributed by atoms with Crippen molar-refractivity contribution in [2.24, 2.45) is 0 Å². The van der Waals surface area contributed by atoms with Gasteiger partial charge in [0.25, 0.3) is 0 Å². The molecular weight excluding hydrogens is 1310 g/mol. The minimum atomic E-state index is -4.98. The van der Waals surface area contributed by atoms with Crippen LogP contribution < -0.4 is 0 Å². The zero-order valence-corrected chi connectivity index (χ0v) is 64.9. The number of aliphatic hydroxyl groups is 1. The minimum Gasteiger partial charge on any atom is -0.462 e. The quantitative estimate of drug-likeness (QED) is 0.0169. The molecule has 0 aromatic carbocycles. The van der Waals surface area contributed by atoms with E-state index in [2.05, 4.69) is 125 Å². The Bertz CT molecular complexity index is 2270. The molecule has 0 saturated carbocycles. The summed E-state index contributed by atoms with van der Waals surface area (Å²) in [6.07, 6.45) is 76.8. The van der Waals surface area contributed by atoms with E-state index in [-0.39, 0.29) is 25.7 Å². The first-order valence-electron chi connectivity index (χ1n) is 39.5. The van der Waals surface area contributed by atoms with Gasteiger partial charge in [0, 0.05) is 25.7 Å². The maximum absolute atomic E-state index is 13.1. The number of hydrogen-bond donors (Lipinski definition) is 3. The highest BCUT2D eigenvalue weighted by Gasteiger charge is 2.30. The summed E-state index contributed by atoms with van der Waals surface area (Å²) in [5.41, 5.74) is 0. The van der Waals surface area contributed by atoms with Crippen molar-refractivity contribution >= 4 is 39.5 Å². The van der Waals surface area contributed by atoms with Crippen molar-refractivity contribution in [1.82, 2.24) is 0 Å². The van der Waals surface area contributed by atoms with Crippen LogP contribution in [0.25, 0.3) is 0 Å². The minimum absolute atomic E-state index is 0.0829. The molecule has 0 aromatic rings. The summed E-state index contributed by atoms with van der Waals surface area (Å²) in [6, 6.07) is 0. The van der Waals surface area contributed by atoms with Gasteiger partial charge in [0.05, 0.1) is 26.4 Å². The largest absolute Gasteiger partial charge is 0.472 e. The molecule has 0 aliphatic heterocycles. The normalized spacial score (nSPS) is 14.4. The van der Waals surface area contributed by atoms with Crippen molar-refractivity contribution in [2.75, 3.05) is 39.6 Å². The second-order valence-electron chi connectivity index (χ2n) is 26.3. The summed E-state index contributed by atoms with van der Waals surface area (Å²) >= 11 is 0. The van der Waals surface area contributed by atoms with Crippen LogP contribution in [0.1, 0.15) is 336 Å². The van der Waals surface area contributed by atoms with E-state index < -0.39 is 97.5 Å². The van der Waals surface area contributed by atoms with Crippen LogP contribution in [-0.2, 0) is 65.4 Å². The molecule has 3 N–H and O–H groups in total. The second-order valence-corrected chi connectivity index (χ2v) is 29.2. The summed E-state index contributed by atoms with van der Waals surface area (Å²) in [7, 11) is -9.96. The molecule has 0 aliphatic carbocycles. The van der Waals surface area contributed by atoms with Crippen molar-refractivity contribution in [3.63, 3.8) is 0 Å². The van der Waals surface area contributed by atoms with E-state index in [9.17, 15) is 43.2 Å². The van der Waals surface area contributed by atoms with E-state index in [1.165, 1.54) is 96.3 Å². The fraction of sp³-hybridized carbons (Fsp3) is 0.753. The van der Waals surface area contributed by atoms with Crippen LogP contribution in [0.3, 0.4) is 0 Å². The highest BCUT2D eigenvalue weighted by atomic mass is 31.2. The van der Waals surface area contributed by atoms with Gasteiger partial charge in [0.1, 0.15) is 19.3 Å². The molecule has 5 atom stereocenters. The van der Waals surface area contributed by atoms with Crippen molar-refractivity contribution in [3.05, 3.63) is 97.2 Å². The lowest BCUT2D eigenvalue weighted by atomic mass is 10.1. The first kappa shape index (κ1) is 96.0. The molecule has 578 valence electrons. The summed E-state index contributed by atoms with van der Waals surface area (Å²) < 4.78 is 68.5. The third-order valence-electron chi connectivity index (χ3n) is 16.5. The Hall–Kier alpha value is -4.02. The maximum Gasteiger partial charge on any atom is 0.472 e. The number of esters is 4. The average Bonchev–Trinajstić information content (AvgIpc) is 0.953. The number of allylic oxidation sites excluding steroid dienone is 16. The molecule has 0 aromatic heterocycles. The lowest BCUT2D eigenvalue weighted by Crippen LogP contribution is -2.30. The van der Waals surface area contributed by atoms with Crippen LogP contribution in [0.2, 0.25) is 0 Å². The molecule has 0 saturated heterocycles. The van der Waals surface area contributed by atoms with E-state index in [1.807, 2.05) is 0 Å². The molecule has 0 bridgehead atoms. The predicted molar refractivity (Wildman–Crippen MR) is 409 cm³/mol. The summed E-state index contributed by atoms with van der Waals surface area (Å²) in [4.78, 5) is 72.9. The topological polar surface area (TPSA) is 237 Å². The Kier molecular flexibility index (Phi) is 70.4. The third-order valence-corrected chi connectivity index (χ3v) is 18.4. The van der Waals surface area contributed by atoms with Crippen molar-refractivity contribution in [1.29, 1.82) is 0 Å². The molecule has 100 heavy (non-hydrogen) atoms. The summed E-state index contributed by atoms with van der Waals surface area (Å²) in [5, 5.41) is 10.6. The molecule has 0 radical (unpaired) electrons. The van der Waals surface area contributed by atoms with Crippen LogP contribution in [-0.4, -0.2) is 96.7 Å². The van der Waals surface area contributed by atoms with Crippen LogP contribution in [0.15, 0.2) is 97.2 Å². The average molecular weight is 1450 g/mol. The first-order valence-corrected chi connectivity index (χ1v) is 42.5. The Morgan fingerprint density at radius 2 is 0.520 bits per heavy atom. The molecule has 5 unspecified atom stereocenters. The molecule has 0 spiro atoms. The van der Waals surface area contributed by atoms with Gasteiger partial charge in [0.15, 0.2) is 12.2 Å². The molecule has 0 amide bonds. The van der Waals surface area contributed by atoms with Crippen LogP contribution in [0, 0.1) is 0 Å². The van der Waals surface area contributed by atoms with E-state index in [4.69, 9.17) is 37.0 Å². The van der Waals surface area contributed by atoms with E-state index in [0.29, 0.717) is 25.7 Å². The van der Waals surface area contributed by atoms with Crippen molar-refractivity contribution < 1.29 is 80.2 Å². The zero-order chi connectivity index (χ0) is 73.2. The second kappa shape index (κ2) is 73.3. The fourth-order valence-corrected chi connectivity index (χ4v) is 12.1. The first-order chi connectivity index (χ1) is 48.7. The van der Waals surface area contributed by atoms with Gasteiger partial charge in [-0.25, -0.2) is 9.13 Å². The Morgan fingerprint density at radius 1 is 0.290 bits per heavy atom. The van der Waals surface area contributed by atoms with Gasteiger partial charge in [-0.05, 0) is 128 Å². The Balaban J connectivity index is 5.35. The van der Waals surface area contributed by atoms with Crippen LogP contribution in [0.5, 0.6) is 0 Å². The van der Waals surface area contributed by atoms with E-state index >= 15 is 0 Å². The van der Waals surface area contributed by atoms with Gasteiger partial charge in [-0.15, -0.1) is 0 Å². The number of ether oxygens (including phenoxy) is 4. The third kappa shape index (κ3) is 72.3. The van der Waals surface area contributed by atoms with Gasteiger partial charge >= 0.3 is 39.5 Å². The zero-order valence-electron chi connectivity index (χ0n) is 63.1. The molecule has 0 aliphatic rings. The number of unbranched alkanes of at least 4 members (excludes halogenated alkanes) is 32. The molecule has 19 heteroatoms. The molecular formula is C81H142O17P2. The number of aliphatic hydroxyl groups excluding tert-OH is 1. The molecule has 0 fully saturated rings. The van der Waals surface area contributed by atoms with Gasteiger partial charge in [-0.3, -0.25) is 37.3 Å². The predicted octanol–water partition coefficient (Wildman–Crippen LogP) is 22.8. The van der Waals surface area contributed by atoms with Gasteiger partial charge in [-0.1, -0.05) is 279 Å². The number of phosphoric acid groups is 2. The number of phosphoric ester groups is 2. The monoisotopic (exact) mass is 1450 g/mol. The van der Waals surface area contributed by atoms with Crippen molar-refractivity contribution in [2.45, 2.75) is 354 Å². The standard InChI is InChI=1S/C81H142O17P2/c1-5-9-13-17-21-25-29-32-35-36-37-38-41-43-47-50-54-58-62-66-79(84)91-71-76(97-80(85)67-63-59-55-51-45-28-24-20-16-12-8-4)73-95-99(87,88)93-69-75(82)70-94-100(89,90)96-74-77(98-81(86)68-64-60-56-52-48-44-40-34-31-27-23-19-15-11-7-3)72-92-78(83)65-61-57-53-49-46-42-39-33-30-26-22-18-14-10-6-2/h9,13,21-22,25-26,32-35,37-40,43,47,75-77,82H,5-8,10-12,14-20,23-24,27-31,36,41-42,44-46,48-74H2,1-4H3,(H,87,88)(H,89,90)/b13-9-,25-21-,26-22-,35-32-,38-37-,39-33-,40-34-,47-43-. The van der Waals surface area contributed by atoms with Gasteiger partial charge in [-0.2, -0.15) is 0 Å². The number of carbonyl (C=O) groups excluding carboxylic acids is 4. The Labute approximate surface area is 607 Å². The van der Waals surface area contributed by atoms with Crippen LogP contribution in [0.4, 0.5) is 0 Å². The van der Waals surface area contributed by atoms with Gasteiger partial charge < -0.3 is 33.8 Å². The lowest BCUT2D eigenvalue weighted by Gasteiger charge is -2.21. The number of rotatable bonds is 74. The van der Waals surface area contributed by atoms with Crippen molar-refractivity contribution in [3.8, 4) is 0 Å². The lowest BCUT2D eigenvalue weighted by molar-refractivity contribution is -0.161. The maximum atomic E-state index is 13.1. The summed E-state index contributed by atoms with van der Waals surface area (Å²) in [6.45, 7) is 4.69. The van der Waals surface area contributed by atoms with E-state index in [0.717, 1.165) is 161 Å². The van der Waals surface area contributed by atoms with Gasteiger partial charge in [0.2, 0.25) is 0 Å². The number of carbonyl (C=O) groups is 4. The number of hydrogen-bond acceptors (Lipinski definition) is 15. The Morgan fingerprint density at radius 3 is 0.840 bits per heavy atom. The fourth-order valence-electron chi connectivity index (χ4n) is 10.5. The molecule has 17 nitrogen and oxygen atoms in total. The highest BCUT2D eigenvalue weighted by molar-refractivity contribution is 7.47. The summed E-state index contributed by atoms with van der Waals surface area (Å²) in [5.74, 6) is -2.22. The highest BCUT2D eigenvalue weighted by Crippen LogP contribution is 2.45. The smallest absolute Gasteiger partial charge is 0.462 e. The molecule has 0 rings (SSSR count). The SMILES string of the molecule is CC/C=C\C/C=C\C/C=C\C/C=C\C/C=C\CCCCCC(=O)OCC(COP(=O)(O)OCC(O)COP(=O)(O)OCC(COC(=O)CCCCCCC/C=C\C/C=C\CCCCC)OC(=O)CCCCCCC/C=C\CCCCCCCC)OC(=O)CCCCCCCCCCCCC. The van der Waals surface area contributed by atoms with Crippen LogP contribution >= 0.6 is 15.6 Å². The van der Waals surface area contributed by atoms with E-state index in [1.54, 1.807) is 0 Å². The molecule has 0 heterocycles.